The first-order chi connectivity index (χ1) is 14.4. The van der Waals surface area contributed by atoms with Crippen LogP contribution >= 0.6 is 0 Å². The molecule has 1 aromatic heterocycles. The molecule has 0 fully saturated rings. The summed E-state index contributed by atoms with van der Waals surface area (Å²) in [7, 11) is 0. The molecule has 2 aliphatic rings. The number of allylic oxidation sites excluding steroid dienone is 3. The molecule has 3 heteroatoms. The van der Waals surface area contributed by atoms with Crippen LogP contribution in [0.4, 0.5) is 0 Å². The highest BCUT2D eigenvalue weighted by Crippen LogP contribution is 2.51. The van der Waals surface area contributed by atoms with E-state index in [1.165, 1.54) is 22.3 Å². The van der Waals surface area contributed by atoms with Gasteiger partial charge in [0, 0.05) is 35.9 Å². The summed E-state index contributed by atoms with van der Waals surface area (Å²) in [4.78, 5) is 20.1. The fourth-order valence-electron chi connectivity index (χ4n) is 4.97. The third-order valence-electron chi connectivity index (χ3n) is 6.35. The third kappa shape index (κ3) is 3.65. The Morgan fingerprint density at radius 2 is 1.93 bits per heavy atom. The van der Waals surface area contributed by atoms with Crippen LogP contribution in [0.2, 0.25) is 0 Å². The number of H-pyrrole nitrogens is 1. The lowest BCUT2D eigenvalue weighted by Crippen LogP contribution is -2.40. The minimum atomic E-state index is -0.429. The number of pyridine rings is 1. The van der Waals surface area contributed by atoms with Gasteiger partial charge in [-0.2, -0.15) is 0 Å². The summed E-state index contributed by atoms with van der Waals surface area (Å²) < 4.78 is 0. The first-order valence-corrected chi connectivity index (χ1v) is 10.8. The lowest BCUT2D eigenvalue weighted by atomic mass is 9.63. The lowest BCUT2D eigenvalue weighted by molar-refractivity contribution is 0.413. The molecule has 0 spiro atoms. The number of benzene rings is 1. The van der Waals surface area contributed by atoms with E-state index < -0.39 is 5.54 Å². The number of aromatic nitrogens is 1. The molecule has 2 atom stereocenters. The molecule has 30 heavy (non-hydrogen) atoms. The molecule has 2 bridgehead atoms. The van der Waals surface area contributed by atoms with Gasteiger partial charge in [0.05, 0.1) is 0 Å². The molecule has 2 unspecified atom stereocenters. The minimum Gasteiger partial charge on any atom is -0.326 e. The van der Waals surface area contributed by atoms with Crippen LogP contribution in [0.3, 0.4) is 0 Å². The minimum absolute atomic E-state index is 0.0414. The van der Waals surface area contributed by atoms with Crippen LogP contribution in [-0.4, -0.2) is 11.2 Å². The zero-order chi connectivity index (χ0) is 21.3. The maximum absolute atomic E-state index is 11.9. The Morgan fingerprint density at radius 1 is 1.17 bits per heavy atom. The predicted octanol–water partition coefficient (Wildman–Crippen LogP) is 5.95. The molecule has 1 N–H and O–H groups in total. The van der Waals surface area contributed by atoms with Crippen LogP contribution in [0.1, 0.15) is 62.4 Å². The lowest BCUT2D eigenvalue weighted by Gasteiger charge is -2.45. The summed E-state index contributed by atoms with van der Waals surface area (Å²) in [6.07, 6.45) is 12.3. The fraction of sp³-hybridized carbons (Fsp3) is 0.333. The number of rotatable bonds is 4. The number of hydrogen-bond acceptors (Lipinski definition) is 2. The van der Waals surface area contributed by atoms with Crippen molar-refractivity contribution in [3.8, 4) is 0 Å². The Bertz CT molecular complexity index is 1110. The van der Waals surface area contributed by atoms with Gasteiger partial charge in [-0.1, -0.05) is 61.9 Å². The van der Waals surface area contributed by atoms with Crippen molar-refractivity contribution in [2.75, 3.05) is 0 Å². The highest BCUT2D eigenvalue weighted by atomic mass is 16.1. The van der Waals surface area contributed by atoms with Crippen LogP contribution in [0.25, 0.3) is 6.08 Å². The number of nitrogens with one attached hydrogen (secondary N) is 1. The van der Waals surface area contributed by atoms with E-state index in [9.17, 15) is 4.79 Å². The van der Waals surface area contributed by atoms with Crippen molar-refractivity contribution in [1.82, 2.24) is 4.98 Å². The highest BCUT2D eigenvalue weighted by molar-refractivity contribution is 5.79. The van der Waals surface area contributed by atoms with Gasteiger partial charge in [0.15, 0.2) is 0 Å². The van der Waals surface area contributed by atoms with Gasteiger partial charge in [-0.05, 0) is 55.0 Å². The van der Waals surface area contributed by atoms with E-state index >= 15 is 0 Å². The van der Waals surface area contributed by atoms with Gasteiger partial charge in [-0.25, -0.2) is 0 Å². The van der Waals surface area contributed by atoms with E-state index in [0.717, 1.165) is 24.1 Å². The van der Waals surface area contributed by atoms with Gasteiger partial charge >= 0.3 is 0 Å². The normalized spacial score (nSPS) is 24.6. The van der Waals surface area contributed by atoms with Crippen LogP contribution in [0, 0.1) is 5.92 Å². The summed E-state index contributed by atoms with van der Waals surface area (Å²) in [5.74, 6) is 0.829. The van der Waals surface area contributed by atoms with Gasteiger partial charge in [-0.3, -0.25) is 9.79 Å². The first-order valence-electron chi connectivity index (χ1n) is 10.8. The molecule has 4 rings (SSSR count). The molecule has 1 heterocycles. The van der Waals surface area contributed by atoms with E-state index in [-0.39, 0.29) is 5.56 Å². The quantitative estimate of drug-likeness (QED) is 0.502. The molecule has 0 saturated carbocycles. The SMILES string of the molecule is C/C=C1\C2C=C(C)CC1(N=C/C=C/c1ccc(C(C)C)cc1)c1ccc(=O)[nH]c1C2. The van der Waals surface area contributed by atoms with Crippen molar-refractivity contribution >= 4 is 12.3 Å². The Balaban J connectivity index is 1.69. The van der Waals surface area contributed by atoms with Crippen LogP contribution < -0.4 is 5.56 Å². The molecule has 2 aromatic rings. The molecule has 2 aliphatic carbocycles. The zero-order valence-corrected chi connectivity index (χ0v) is 18.3. The van der Waals surface area contributed by atoms with Gasteiger partial charge in [0.25, 0.3) is 0 Å². The van der Waals surface area contributed by atoms with Crippen LogP contribution in [-0.2, 0) is 12.0 Å². The summed E-state index contributed by atoms with van der Waals surface area (Å²) in [5, 5.41) is 0. The van der Waals surface area contributed by atoms with E-state index in [1.54, 1.807) is 6.07 Å². The third-order valence-corrected chi connectivity index (χ3v) is 6.35. The zero-order valence-electron chi connectivity index (χ0n) is 18.3. The molecule has 0 aliphatic heterocycles. The molecule has 154 valence electrons. The summed E-state index contributed by atoms with van der Waals surface area (Å²) >= 11 is 0. The Morgan fingerprint density at radius 3 is 2.63 bits per heavy atom. The average molecular weight is 399 g/mol. The number of aliphatic imine (C=N–C) groups is 1. The number of aromatic amines is 1. The van der Waals surface area contributed by atoms with Crippen molar-refractivity contribution in [2.24, 2.45) is 10.9 Å². The second kappa shape index (κ2) is 8.06. The van der Waals surface area contributed by atoms with Gasteiger partial charge in [-0.15, -0.1) is 0 Å². The summed E-state index contributed by atoms with van der Waals surface area (Å²) in [6.45, 7) is 8.70. The summed E-state index contributed by atoms with van der Waals surface area (Å²) in [6, 6.07) is 12.3. The second-order valence-corrected chi connectivity index (χ2v) is 8.78. The van der Waals surface area contributed by atoms with Crippen LogP contribution in [0.5, 0.6) is 0 Å². The molecule has 0 amide bonds. The average Bonchev–Trinajstić information content (AvgIpc) is 2.71. The van der Waals surface area contributed by atoms with E-state index in [1.807, 2.05) is 18.4 Å². The Hall–Kier alpha value is -2.94. The van der Waals surface area contributed by atoms with E-state index in [0.29, 0.717) is 11.8 Å². The molecule has 0 saturated heterocycles. The Kier molecular flexibility index (Phi) is 5.46. The number of hydrogen-bond donors (Lipinski definition) is 1. The Labute approximate surface area is 179 Å². The van der Waals surface area contributed by atoms with Gasteiger partial charge < -0.3 is 4.98 Å². The molecule has 0 radical (unpaired) electrons. The van der Waals surface area contributed by atoms with Crippen molar-refractivity contribution in [3.63, 3.8) is 0 Å². The van der Waals surface area contributed by atoms with Crippen LogP contribution in [0.15, 0.2) is 75.6 Å². The molecule has 1 aromatic carbocycles. The van der Waals surface area contributed by atoms with Gasteiger partial charge in [0.2, 0.25) is 5.56 Å². The standard InChI is InChI=1S/C27H30N2O/c1-5-23-22-15-19(4)17-27(23,24-12-13-26(30)29-25(24)16-22)28-14-6-7-20-8-10-21(11-9-20)18(2)3/h5-15,18,22H,16-17H2,1-4H3,(H,29,30)/b7-6+,23-5+,28-14?. The second-order valence-electron chi connectivity index (χ2n) is 8.78. The van der Waals surface area contributed by atoms with E-state index in [4.69, 9.17) is 4.99 Å². The first kappa shape index (κ1) is 20.3. The van der Waals surface area contributed by atoms with E-state index in [2.05, 4.69) is 75.2 Å². The van der Waals surface area contributed by atoms with Crippen molar-refractivity contribution < 1.29 is 0 Å². The molecular formula is C27H30N2O. The number of fused-ring (bicyclic) bond motifs is 4. The fourth-order valence-corrected chi connectivity index (χ4v) is 4.97. The summed E-state index contributed by atoms with van der Waals surface area (Å²) in [5.41, 5.74) is 6.88. The smallest absolute Gasteiger partial charge is 0.248 e. The largest absolute Gasteiger partial charge is 0.326 e. The number of nitrogens with zero attached hydrogens (tertiary/aromatic N) is 1. The van der Waals surface area contributed by atoms with Crippen molar-refractivity contribution in [2.45, 2.75) is 52.0 Å². The molecule has 3 nitrogen and oxygen atoms in total. The molecular weight excluding hydrogens is 368 g/mol. The topological polar surface area (TPSA) is 45.2 Å². The van der Waals surface area contributed by atoms with Gasteiger partial charge in [0.1, 0.15) is 5.54 Å². The predicted molar refractivity (Wildman–Crippen MR) is 126 cm³/mol. The monoisotopic (exact) mass is 398 g/mol. The van der Waals surface area contributed by atoms with Crippen molar-refractivity contribution in [1.29, 1.82) is 0 Å². The maximum Gasteiger partial charge on any atom is 0.248 e. The van der Waals surface area contributed by atoms with Crippen molar-refractivity contribution in [3.05, 3.63) is 98.5 Å². The maximum atomic E-state index is 11.9. The highest BCUT2D eigenvalue weighted by Gasteiger charge is 2.46.